The molecule has 94 valence electrons. The van der Waals surface area contributed by atoms with Gasteiger partial charge in [-0.15, -0.1) is 0 Å². The van der Waals surface area contributed by atoms with Gasteiger partial charge >= 0.3 is 0 Å². The molecule has 0 aliphatic heterocycles. The maximum Gasteiger partial charge on any atom is 0.150 e. The summed E-state index contributed by atoms with van der Waals surface area (Å²) in [5, 5.41) is 1.18. The fourth-order valence-electron chi connectivity index (χ4n) is 1.61. The molecule has 0 aliphatic carbocycles. The van der Waals surface area contributed by atoms with Gasteiger partial charge in [0.2, 0.25) is 0 Å². The van der Waals surface area contributed by atoms with Gasteiger partial charge < -0.3 is 4.74 Å². The first-order valence-electron chi connectivity index (χ1n) is 5.39. The van der Waals surface area contributed by atoms with Crippen LogP contribution in [0.15, 0.2) is 36.4 Å². The number of halogens is 3. The molecule has 0 saturated heterocycles. The van der Waals surface area contributed by atoms with Crippen molar-refractivity contribution in [3.8, 4) is 11.5 Å². The fraction of sp³-hybridized carbons (Fsp3) is 0.143. The molecule has 0 amide bonds. The first kappa shape index (κ1) is 13.4. The van der Waals surface area contributed by atoms with E-state index in [1.165, 1.54) is 12.1 Å². The van der Waals surface area contributed by atoms with Gasteiger partial charge in [0, 0.05) is 10.9 Å². The molecular formula is C14H11BrClFO. The van der Waals surface area contributed by atoms with Crippen molar-refractivity contribution in [2.75, 3.05) is 0 Å². The zero-order chi connectivity index (χ0) is 13.1. The monoisotopic (exact) mass is 328 g/mol. The summed E-state index contributed by atoms with van der Waals surface area (Å²) in [4.78, 5) is 0. The van der Waals surface area contributed by atoms with Crippen molar-refractivity contribution in [1.82, 2.24) is 0 Å². The third-order valence-electron chi connectivity index (χ3n) is 2.54. The third-order valence-corrected chi connectivity index (χ3v) is 3.44. The number of aryl methyl sites for hydroxylation is 1. The second-order valence-corrected chi connectivity index (χ2v) is 4.84. The Morgan fingerprint density at radius 3 is 2.72 bits per heavy atom. The highest BCUT2D eigenvalue weighted by Gasteiger charge is 2.10. The molecule has 0 aliphatic rings. The highest BCUT2D eigenvalue weighted by atomic mass is 79.9. The molecule has 2 aromatic carbocycles. The Morgan fingerprint density at radius 1 is 1.28 bits per heavy atom. The van der Waals surface area contributed by atoms with Gasteiger partial charge in [0.15, 0.2) is 0 Å². The largest absolute Gasteiger partial charge is 0.455 e. The van der Waals surface area contributed by atoms with Crippen molar-refractivity contribution in [1.29, 1.82) is 0 Å². The molecule has 0 saturated carbocycles. The smallest absolute Gasteiger partial charge is 0.150 e. The fourth-order valence-corrected chi connectivity index (χ4v) is 2.28. The molecular weight excluding hydrogens is 319 g/mol. The molecule has 0 fully saturated rings. The summed E-state index contributed by atoms with van der Waals surface area (Å²) in [7, 11) is 0. The average Bonchev–Trinajstić information content (AvgIpc) is 2.34. The van der Waals surface area contributed by atoms with Crippen LogP contribution < -0.4 is 4.74 Å². The van der Waals surface area contributed by atoms with Crippen molar-refractivity contribution in [3.63, 3.8) is 0 Å². The minimum Gasteiger partial charge on any atom is -0.455 e. The van der Waals surface area contributed by atoms with Crippen LogP contribution in [0.4, 0.5) is 4.39 Å². The van der Waals surface area contributed by atoms with Crippen molar-refractivity contribution in [2.24, 2.45) is 0 Å². The number of rotatable bonds is 3. The van der Waals surface area contributed by atoms with E-state index in [1.807, 2.05) is 12.1 Å². The van der Waals surface area contributed by atoms with Crippen molar-refractivity contribution in [2.45, 2.75) is 12.3 Å². The van der Waals surface area contributed by atoms with E-state index >= 15 is 0 Å². The third kappa shape index (κ3) is 2.85. The van der Waals surface area contributed by atoms with Crippen LogP contribution in [0.3, 0.4) is 0 Å². The number of benzene rings is 2. The lowest BCUT2D eigenvalue weighted by Gasteiger charge is -2.13. The maximum absolute atomic E-state index is 13.0. The molecule has 2 rings (SSSR count). The molecule has 0 heterocycles. The van der Waals surface area contributed by atoms with Gasteiger partial charge in [-0.05, 0) is 36.8 Å². The number of para-hydroxylation sites is 1. The van der Waals surface area contributed by atoms with E-state index in [9.17, 15) is 4.39 Å². The lowest BCUT2D eigenvalue weighted by molar-refractivity contribution is 0.473. The lowest BCUT2D eigenvalue weighted by atomic mass is 10.2. The summed E-state index contributed by atoms with van der Waals surface area (Å²) in [5.74, 6) is 0.928. The highest BCUT2D eigenvalue weighted by molar-refractivity contribution is 9.08. The lowest BCUT2D eigenvalue weighted by Crippen LogP contribution is -1.93. The number of alkyl halides is 1. The van der Waals surface area contributed by atoms with Crippen molar-refractivity contribution < 1.29 is 9.13 Å². The predicted molar refractivity (Wildman–Crippen MR) is 75.3 cm³/mol. The quantitative estimate of drug-likeness (QED) is 0.678. The van der Waals surface area contributed by atoms with Gasteiger partial charge in [0.1, 0.15) is 17.3 Å². The molecule has 4 heteroatoms. The summed E-state index contributed by atoms with van der Waals surface area (Å²) in [6.45, 7) is 1.79. The normalized spacial score (nSPS) is 10.4. The van der Waals surface area contributed by atoms with Crippen molar-refractivity contribution in [3.05, 3.63) is 58.4 Å². The van der Waals surface area contributed by atoms with E-state index in [2.05, 4.69) is 15.9 Å². The molecule has 0 atom stereocenters. The van der Waals surface area contributed by atoms with Crippen LogP contribution in [-0.2, 0) is 5.33 Å². The van der Waals surface area contributed by atoms with E-state index in [1.54, 1.807) is 19.1 Å². The maximum atomic E-state index is 13.0. The Labute approximate surface area is 119 Å². The second kappa shape index (κ2) is 5.72. The molecule has 1 nitrogen and oxygen atoms in total. The molecule has 0 radical (unpaired) electrons. The van der Waals surface area contributed by atoms with Crippen LogP contribution in [-0.4, -0.2) is 0 Å². The van der Waals surface area contributed by atoms with E-state index < -0.39 is 0 Å². The van der Waals surface area contributed by atoms with Crippen LogP contribution in [0.2, 0.25) is 5.02 Å². The molecule has 0 unspecified atom stereocenters. The van der Waals surface area contributed by atoms with E-state index in [0.717, 1.165) is 11.1 Å². The summed E-state index contributed by atoms with van der Waals surface area (Å²) in [5.41, 5.74) is 1.68. The summed E-state index contributed by atoms with van der Waals surface area (Å²) < 4.78 is 18.8. The Balaban J connectivity index is 2.39. The van der Waals surface area contributed by atoms with E-state index in [4.69, 9.17) is 16.3 Å². The summed E-state index contributed by atoms with van der Waals surface area (Å²) in [6.07, 6.45) is 0. The van der Waals surface area contributed by atoms with Crippen LogP contribution in [0.1, 0.15) is 11.1 Å². The minimum absolute atomic E-state index is 0.278. The standard InChI is InChI=1S/C14H11BrClFO/c1-9-7-11(17)5-6-13(9)18-14-10(8-15)3-2-4-12(14)16/h2-7H,8H2,1H3. The number of ether oxygens (including phenoxy) is 1. The average molecular weight is 330 g/mol. The van der Waals surface area contributed by atoms with Gasteiger partial charge in [-0.3, -0.25) is 0 Å². The topological polar surface area (TPSA) is 9.23 Å². The predicted octanol–water partition coefficient (Wildman–Crippen LogP) is 5.47. The van der Waals surface area contributed by atoms with Gasteiger partial charge in [0.25, 0.3) is 0 Å². The Kier molecular flexibility index (Phi) is 4.25. The van der Waals surface area contributed by atoms with Gasteiger partial charge in [-0.25, -0.2) is 4.39 Å². The van der Waals surface area contributed by atoms with Crippen LogP contribution in [0.5, 0.6) is 11.5 Å². The number of hydrogen-bond acceptors (Lipinski definition) is 1. The van der Waals surface area contributed by atoms with Gasteiger partial charge in [0.05, 0.1) is 5.02 Å². The van der Waals surface area contributed by atoms with Crippen LogP contribution >= 0.6 is 27.5 Å². The first-order valence-corrected chi connectivity index (χ1v) is 6.89. The van der Waals surface area contributed by atoms with Crippen LogP contribution in [0, 0.1) is 12.7 Å². The number of hydrogen-bond donors (Lipinski definition) is 0. The molecule has 0 bridgehead atoms. The molecule has 18 heavy (non-hydrogen) atoms. The molecule has 0 N–H and O–H groups in total. The first-order chi connectivity index (χ1) is 8.61. The highest BCUT2D eigenvalue weighted by Crippen LogP contribution is 2.35. The summed E-state index contributed by atoms with van der Waals surface area (Å²) >= 11 is 9.51. The second-order valence-electron chi connectivity index (χ2n) is 3.87. The van der Waals surface area contributed by atoms with Gasteiger partial charge in [-0.1, -0.05) is 39.7 Å². The molecule has 2 aromatic rings. The van der Waals surface area contributed by atoms with E-state index in [-0.39, 0.29) is 5.82 Å². The van der Waals surface area contributed by atoms with Crippen LogP contribution in [0.25, 0.3) is 0 Å². The SMILES string of the molecule is Cc1cc(F)ccc1Oc1c(Cl)cccc1CBr. The Morgan fingerprint density at radius 2 is 2.06 bits per heavy atom. The zero-order valence-corrected chi connectivity index (χ0v) is 12.1. The minimum atomic E-state index is -0.278. The molecule has 0 spiro atoms. The van der Waals surface area contributed by atoms with Crippen molar-refractivity contribution >= 4 is 27.5 Å². The van der Waals surface area contributed by atoms with Gasteiger partial charge in [-0.2, -0.15) is 0 Å². The zero-order valence-electron chi connectivity index (χ0n) is 9.71. The Bertz CT molecular complexity index is 572. The van der Waals surface area contributed by atoms with E-state index in [0.29, 0.717) is 21.9 Å². The molecule has 0 aromatic heterocycles. The Hall–Kier alpha value is -1.06. The summed E-state index contributed by atoms with van der Waals surface area (Å²) in [6, 6.07) is 9.96.